The van der Waals surface area contributed by atoms with Crippen LogP contribution in [-0.2, 0) is 0 Å². The zero-order valence-corrected chi connectivity index (χ0v) is 10.4. The smallest absolute Gasteiger partial charge is 0.258 e. The molecule has 0 aliphatic rings. The van der Waals surface area contributed by atoms with Crippen LogP contribution in [0.25, 0.3) is 0 Å². The van der Waals surface area contributed by atoms with E-state index in [9.17, 15) is 4.79 Å². The predicted octanol–water partition coefficient (Wildman–Crippen LogP) is 3.95. The molecule has 5 heteroatoms. The van der Waals surface area contributed by atoms with Gasteiger partial charge in [0.2, 0.25) is 0 Å². The zero-order valence-electron chi connectivity index (χ0n) is 8.04. The lowest BCUT2D eigenvalue weighted by molar-refractivity contribution is 0.102. The summed E-state index contributed by atoms with van der Waals surface area (Å²) in [5.74, 6) is -0.252. The molecule has 0 aliphatic heterocycles. The van der Waals surface area contributed by atoms with E-state index >= 15 is 0 Å². The first kappa shape index (κ1) is 11.2. The molecule has 0 spiro atoms. The van der Waals surface area contributed by atoms with Gasteiger partial charge in [0.25, 0.3) is 5.91 Å². The van der Waals surface area contributed by atoms with Crippen LogP contribution in [0.1, 0.15) is 10.4 Å². The van der Waals surface area contributed by atoms with Crippen molar-refractivity contribution in [3.05, 3.63) is 51.9 Å². The summed E-state index contributed by atoms with van der Waals surface area (Å²) in [7, 11) is 0. The molecule has 1 aromatic heterocycles. The highest BCUT2D eigenvalue weighted by atomic mass is 79.9. The lowest BCUT2D eigenvalue weighted by Crippen LogP contribution is -2.11. The van der Waals surface area contributed by atoms with Gasteiger partial charge < -0.3 is 9.73 Å². The van der Waals surface area contributed by atoms with E-state index in [1.54, 1.807) is 24.3 Å². The molecule has 1 heterocycles. The Morgan fingerprint density at radius 1 is 1.38 bits per heavy atom. The molecule has 2 rings (SSSR count). The second-order valence-electron chi connectivity index (χ2n) is 3.09. The van der Waals surface area contributed by atoms with Gasteiger partial charge in [0, 0.05) is 4.47 Å². The van der Waals surface area contributed by atoms with E-state index in [1.165, 1.54) is 12.5 Å². The van der Waals surface area contributed by atoms with Crippen molar-refractivity contribution in [2.75, 3.05) is 5.32 Å². The van der Waals surface area contributed by atoms with Crippen LogP contribution >= 0.6 is 27.5 Å². The number of nitrogens with one attached hydrogen (secondary N) is 1. The summed E-state index contributed by atoms with van der Waals surface area (Å²) in [5.41, 5.74) is 1.02. The summed E-state index contributed by atoms with van der Waals surface area (Å²) in [6.07, 6.45) is 2.82. The van der Waals surface area contributed by atoms with Gasteiger partial charge in [0.05, 0.1) is 22.5 Å². The van der Waals surface area contributed by atoms with E-state index in [-0.39, 0.29) is 5.91 Å². The molecule has 1 aromatic carbocycles. The average molecular weight is 301 g/mol. The first-order valence-corrected chi connectivity index (χ1v) is 5.62. The molecule has 0 radical (unpaired) electrons. The summed E-state index contributed by atoms with van der Waals surface area (Å²) < 4.78 is 5.68. The summed E-state index contributed by atoms with van der Waals surface area (Å²) in [5, 5.41) is 3.17. The first-order chi connectivity index (χ1) is 7.66. The highest BCUT2D eigenvalue weighted by molar-refractivity contribution is 9.10. The number of carbonyl (C=O) groups excluding carboxylic acids is 1. The number of halogens is 2. The molecule has 2 aromatic rings. The van der Waals surface area contributed by atoms with Crippen molar-refractivity contribution in [2.45, 2.75) is 0 Å². The number of carbonyl (C=O) groups is 1. The van der Waals surface area contributed by atoms with Crippen molar-refractivity contribution >= 4 is 39.1 Å². The van der Waals surface area contributed by atoms with Crippen molar-refractivity contribution in [2.24, 2.45) is 0 Å². The molecule has 0 unspecified atom stereocenters. The van der Waals surface area contributed by atoms with Crippen molar-refractivity contribution in [3.63, 3.8) is 0 Å². The van der Waals surface area contributed by atoms with Crippen molar-refractivity contribution in [3.8, 4) is 0 Å². The summed E-state index contributed by atoms with van der Waals surface area (Å²) in [6, 6.07) is 6.83. The third-order valence-corrected chi connectivity index (χ3v) is 2.77. The third kappa shape index (κ3) is 2.46. The summed E-state index contributed by atoms with van der Waals surface area (Å²) >= 11 is 9.26. The lowest BCUT2D eigenvalue weighted by Gasteiger charge is -2.05. The molecule has 0 aliphatic carbocycles. The van der Waals surface area contributed by atoms with Crippen LogP contribution in [0.2, 0.25) is 5.02 Å². The normalized spacial score (nSPS) is 10.1. The number of hydrogen-bond donors (Lipinski definition) is 1. The van der Waals surface area contributed by atoms with Gasteiger partial charge >= 0.3 is 0 Å². The molecule has 0 bridgehead atoms. The molecule has 1 amide bonds. The maximum absolute atomic E-state index is 11.7. The molecular weight excluding hydrogens is 293 g/mol. The van der Waals surface area contributed by atoms with E-state index in [0.29, 0.717) is 16.3 Å². The number of anilines is 1. The Labute approximate surface area is 106 Å². The Morgan fingerprint density at radius 2 is 2.19 bits per heavy atom. The summed E-state index contributed by atoms with van der Waals surface area (Å²) in [6.45, 7) is 0. The highest BCUT2D eigenvalue weighted by Gasteiger charge is 2.09. The van der Waals surface area contributed by atoms with Crippen LogP contribution in [-0.4, -0.2) is 5.91 Å². The molecule has 0 fully saturated rings. The van der Waals surface area contributed by atoms with E-state index in [4.69, 9.17) is 16.0 Å². The minimum atomic E-state index is -0.252. The Hall–Kier alpha value is -1.26. The molecule has 0 atom stereocenters. The van der Waals surface area contributed by atoms with Crippen LogP contribution in [0.5, 0.6) is 0 Å². The van der Waals surface area contributed by atoms with Gasteiger partial charge in [0.1, 0.15) is 6.26 Å². The van der Waals surface area contributed by atoms with Gasteiger partial charge in [-0.25, -0.2) is 0 Å². The van der Waals surface area contributed by atoms with Gasteiger partial charge in [0.15, 0.2) is 0 Å². The SMILES string of the molecule is O=C(Nc1ccc(Br)cc1Cl)c1ccoc1. The van der Waals surface area contributed by atoms with Crippen molar-refractivity contribution in [1.82, 2.24) is 0 Å². The van der Waals surface area contributed by atoms with Crippen LogP contribution < -0.4 is 5.32 Å². The maximum atomic E-state index is 11.7. The Balaban J connectivity index is 2.18. The topological polar surface area (TPSA) is 42.2 Å². The van der Waals surface area contributed by atoms with Crippen molar-refractivity contribution < 1.29 is 9.21 Å². The summed E-state index contributed by atoms with van der Waals surface area (Å²) in [4.78, 5) is 11.7. The number of amides is 1. The predicted molar refractivity (Wildman–Crippen MR) is 65.8 cm³/mol. The standard InChI is InChI=1S/C11H7BrClNO2/c12-8-1-2-10(9(13)5-8)14-11(15)7-3-4-16-6-7/h1-6H,(H,14,15). The van der Waals surface area contributed by atoms with Gasteiger partial charge in [-0.1, -0.05) is 27.5 Å². The van der Waals surface area contributed by atoms with Crippen LogP contribution in [0.4, 0.5) is 5.69 Å². The van der Waals surface area contributed by atoms with Gasteiger partial charge in [-0.05, 0) is 24.3 Å². The lowest BCUT2D eigenvalue weighted by atomic mass is 10.3. The maximum Gasteiger partial charge on any atom is 0.258 e. The number of benzene rings is 1. The van der Waals surface area contributed by atoms with Gasteiger partial charge in [-0.15, -0.1) is 0 Å². The van der Waals surface area contributed by atoms with E-state index in [1.807, 2.05) is 0 Å². The third-order valence-electron chi connectivity index (χ3n) is 1.96. The largest absolute Gasteiger partial charge is 0.472 e. The van der Waals surface area contributed by atoms with E-state index in [0.717, 1.165) is 4.47 Å². The van der Waals surface area contributed by atoms with Crippen LogP contribution in [0, 0.1) is 0 Å². The van der Waals surface area contributed by atoms with Gasteiger partial charge in [-0.3, -0.25) is 4.79 Å². The van der Waals surface area contributed by atoms with E-state index in [2.05, 4.69) is 21.2 Å². The molecule has 1 N–H and O–H groups in total. The molecule has 16 heavy (non-hydrogen) atoms. The minimum Gasteiger partial charge on any atom is -0.472 e. The Bertz CT molecular complexity index is 511. The molecule has 82 valence electrons. The number of hydrogen-bond acceptors (Lipinski definition) is 2. The van der Waals surface area contributed by atoms with Crippen LogP contribution in [0.15, 0.2) is 45.7 Å². The fourth-order valence-electron chi connectivity index (χ4n) is 1.18. The first-order valence-electron chi connectivity index (χ1n) is 4.45. The monoisotopic (exact) mass is 299 g/mol. The highest BCUT2D eigenvalue weighted by Crippen LogP contribution is 2.26. The second-order valence-corrected chi connectivity index (χ2v) is 4.41. The van der Waals surface area contributed by atoms with E-state index < -0.39 is 0 Å². The fraction of sp³-hybridized carbons (Fsp3) is 0. The number of rotatable bonds is 2. The molecule has 0 saturated heterocycles. The van der Waals surface area contributed by atoms with Crippen LogP contribution in [0.3, 0.4) is 0 Å². The molecule has 3 nitrogen and oxygen atoms in total. The quantitative estimate of drug-likeness (QED) is 0.912. The van der Waals surface area contributed by atoms with Gasteiger partial charge in [-0.2, -0.15) is 0 Å². The minimum absolute atomic E-state index is 0.252. The Kier molecular flexibility index (Phi) is 3.31. The Morgan fingerprint density at radius 3 is 2.81 bits per heavy atom. The fourth-order valence-corrected chi connectivity index (χ4v) is 1.90. The van der Waals surface area contributed by atoms with Crippen molar-refractivity contribution in [1.29, 1.82) is 0 Å². The zero-order chi connectivity index (χ0) is 11.5. The molecular formula is C11H7BrClNO2. The second kappa shape index (κ2) is 4.72. The molecule has 0 saturated carbocycles. The number of furan rings is 1. The average Bonchev–Trinajstić information content (AvgIpc) is 2.75.